The Morgan fingerprint density at radius 1 is 1.24 bits per heavy atom. The number of phenolic OH excluding ortho intramolecular Hbond substituents is 1. The summed E-state index contributed by atoms with van der Waals surface area (Å²) in [7, 11) is 0. The van der Waals surface area contributed by atoms with Crippen molar-refractivity contribution < 1.29 is 14.6 Å². The molecule has 3 aliphatic rings. The Bertz CT molecular complexity index is 844. The van der Waals surface area contributed by atoms with E-state index in [-0.39, 0.29) is 28.8 Å². The van der Waals surface area contributed by atoms with Crippen LogP contribution in [0.4, 0.5) is 0 Å². The maximum atomic E-state index is 13.1. The summed E-state index contributed by atoms with van der Waals surface area (Å²) in [6.45, 7) is 13.9. The van der Waals surface area contributed by atoms with Gasteiger partial charge in [0.25, 0.3) is 0 Å². The Kier molecular flexibility index (Phi) is 4.93. The van der Waals surface area contributed by atoms with Gasteiger partial charge in [-0.2, -0.15) is 0 Å². The van der Waals surface area contributed by atoms with Crippen LogP contribution in [-0.2, 0) is 10.2 Å². The van der Waals surface area contributed by atoms with E-state index in [4.69, 9.17) is 4.74 Å². The number of carbonyl (C=O) groups is 1. The summed E-state index contributed by atoms with van der Waals surface area (Å²) in [5, 5.41) is 14.3. The first-order chi connectivity index (χ1) is 13.6. The highest BCUT2D eigenvalue weighted by molar-refractivity contribution is 5.94. The molecule has 1 aromatic rings. The number of carbonyl (C=O) groups excluding carboxylic acids is 1. The summed E-state index contributed by atoms with van der Waals surface area (Å²) < 4.78 is 6.42. The summed E-state index contributed by atoms with van der Waals surface area (Å²) >= 11 is 0. The van der Waals surface area contributed by atoms with E-state index in [9.17, 15) is 9.90 Å². The third-order valence-corrected chi connectivity index (χ3v) is 6.85. The molecule has 5 heteroatoms. The third kappa shape index (κ3) is 3.65. The van der Waals surface area contributed by atoms with E-state index in [2.05, 4.69) is 52.1 Å². The number of benzene rings is 1. The van der Waals surface area contributed by atoms with Crippen LogP contribution in [-0.4, -0.2) is 47.7 Å². The van der Waals surface area contributed by atoms with Crippen LogP contribution in [0.2, 0.25) is 0 Å². The van der Waals surface area contributed by atoms with Crippen LogP contribution in [0.1, 0.15) is 64.5 Å². The van der Waals surface area contributed by atoms with Gasteiger partial charge in [-0.15, -0.1) is 0 Å². The summed E-state index contributed by atoms with van der Waals surface area (Å²) in [6.07, 6.45) is 3.57. The molecule has 1 saturated heterocycles. The number of fused-ring (bicyclic) bond motifs is 3. The van der Waals surface area contributed by atoms with Gasteiger partial charge in [-0.3, -0.25) is 4.79 Å². The van der Waals surface area contributed by atoms with Gasteiger partial charge in [0.1, 0.15) is 17.1 Å². The van der Waals surface area contributed by atoms with Crippen molar-refractivity contribution in [3.63, 3.8) is 0 Å². The number of aromatic hydroxyl groups is 1. The Morgan fingerprint density at radius 2 is 1.93 bits per heavy atom. The average Bonchev–Trinajstić information content (AvgIpc) is 2.66. The molecule has 5 nitrogen and oxygen atoms in total. The predicted octanol–water partition coefficient (Wildman–Crippen LogP) is 3.71. The third-order valence-electron chi connectivity index (χ3n) is 6.85. The van der Waals surface area contributed by atoms with Gasteiger partial charge < -0.3 is 20.1 Å². The summed E-state index contributed by atoms with van der Waals surface area (Å²) in [4.78, 5) is 15.1. The topological polar surface area (TPSA) is 61.8 Å². The van der Waals surface area contributed by atoms with E-state index in [0.717, 1.165) is 55.0 Å². The maximum Gasteiger partial charge on any atom is 0.249 e. The molecular formula is C24H34N2O3. The van der Waals surface area contributed by atoms with Crippen molar-refractivity contribution in [3.8, 4) is 11.5 Å². The zero-order valence-electron chi connectivity index (χ0n) is 18.3. The molecule has 29 heavy (non-hydrogen) atoms. The van der Waals surface area contributed by atoms with Crippen molar-refractivity contribution in [2.45, 2.75) is 64.4 Å². The lowest BCUT2D eigenvalue weighted by Crippen LogP contribution is -2.49. The van der Waals surface area contributed by atoms with Gasteiger partial charge in [0.05, 0.1) is 0 Å². The number of nitrogens with zero attached hydrogens (tertiary/aromatic N) is 1. The largest absolute Gasteiger partial charge is 0.508 e. The van der Waals surface area contributed by atoms with E-state index in [0.29, 0.717) is 12.2 Å². The zero-order valence-corrected chi connectivity index (χ0v) is 18.3. The van der Waals surface area contributed by atoms with Gasteiger partial charge in [0, 0.05) is 49.2 Å². The van der Waals surface area contributed by atoms with Crippen molar-refractivity contribution in [2.75, 3.05) is 26.2 Å². The highest BCUT2D eigenvalue weighted by Crippen LogP contribution is 2.54. The summed E-state index contributed by atoms with van der Waals surface area (Å²) in [6, 6.07) is 3.97. The number of phenols is 1. The van der Waals surface area contributed by atoms with Crippen LogP contribution in [0.25, 0.3) is 0 Å². The second-order valence-corrected chi connectivity index (χ2v) is 10.3. The average molecular weight is 399 g/mol. The van der Waals surface area contributed by atoms with Crippen LogP contribution in [0, 0.1) is 5.92 Å². The van der Waals surface area contributed by atoms with Crippen LogP contribution >= 0.6 is 0 Å². The molecule has 0 saturated carbocycles. The fourth-order valence-corrected chi connectivity index (χ4v) is 5.07. The molecule has 0 bridgehead atoms. The van der Waals surface area contributed by atoms with Crippen molar-refractivity contribution in [2.24, 2.45) is 5.92 Å². The molecule has 0 spiro atoms. The SMILES string of the molecule is CC(C)(C)c1cc(O)c2c(c1)OC(C)(C)C1CC=C(C(=O)N3CCNCC3)CC21. The standard InChI is InChI=1S/C24H34N2O3/c1-23(2,3)16-13-19(27)21-17-12-15(22(28)26-10-8-25-9-11-26)6-7-18(17)24(4,5)29-20(21)14-16/h6,13-14,17-18,25,27H,7-12H2,1-5H3. The van der Waals surface area contributed by atoms with Gasteiger partial charge in [-0.05, 0) is 49.8 Å². The Morgan fingerprint density at radius 3 is 2.59 bits per heavy atom. The molecule has 2 unspecified atom stereocenters. The monoisotopic (exact) mass is 398 g/mol. The minimum Gasteiger partial charge on any atom is -0.508 e. The number of piperazine rings is 1. The van der Waals surface area contributed by atoms with Crippen LogP contribution < -0.4 is 10.1 Å². The van der Waals surface area contributed by atoms with Gasteiger partial charge in [-0.1, -0.05) is 26.8 Å². The summed E-state index contributed by atoms with van der Waals surface area (Å²) in [5.74, 6) is 1.56. The second-order valence-electron chi connectivity index (χ2n) is 10.3. The molecular weight excluding hydrogens is 364 g/mol. The minimum absolute atomic E-state index is 0.0766. The fraction of sp³-hybridized carbons (Fsp3) is 0.625. The number of allylic oxidation sites excluding steroid dienone is 1. The zero-order chi connectivity index (χ0) is 21.0. The van der Waals surface area contributed by atoms with Crippen LogP contribution in [0.3, 0.4) is 0 Å². The Hall–Kier alpha value is -2.01. The lowest BCUT2D eigenvalue weighted by atomic mass is 9.66. The highest BCUT2D eigenvalue weighted by atomic mass is 16.5. The lowest BCUT2D eigenvalue weighted by molar-refractivity contribution is -0.128. The number of amides is 1. The molecule has 158 valence electrons. The van der Waals surface area contributed by atoms with Gasteiger partial charge in [-0.25, -0.2) is 0 Å². The highest BCUT2D eigenvalue weighted by Gasteiger charge is 2.47. The lowest BCUT2D eigenvalue weighted by Gasteiger charge is -2.47. The summed E-state index contributed by atoms with van der Waals surface area (Å²) in [5.41, 5.74) is 2.40. The predicted molar refractivity (Wildman–Crippen MR) is 115 cm³/mol. The van der Waals surface area contributed by atoms with Crippen molar-refractivity contribution in [3.05, 3.63) is 34.9 Å². The van der Waals surface area contributed by atoms with E-state index in [1.807, 2.05) is 11.0 Å². The molecule has 1 amide bonds. The molecule has 2 aliphatic heterocycles. The number of nitrogens with one attached hydrogen (secondary N) is 1. The Balaban J connectivity index is 1.70. The number of hydrogen-bond donors (Lipinski definition) is 2. The molecule has 2 heterocycles. The van der Waals surface area contributed by atoms with E-state index in [1.54, 1.807) is 0 Å². The van der Waals surface area contributed by atoms with Gasteiger partial charge in [0.2, 0.25) is 5.91 Å². The smallest absolute Gasteiger partial charge is 0.249 e. The number of hydrogen-bond acceptors (Lipinski definition) is 4. The van der Waals surface area contributed by atoms with Crippen molar-refractivity contribution >= 4 is 5.91 Å². The quantitative estimate of drug-likeness (QED) is 0.757. The minimum atomic E-state index is -0.346. The van der Waals surface area contributed by atoms with E-state index >= 15 is 0 Å². The molecule has 0 aromatic heterocycles. The molecule has 2 atom stereocenters. The van der Waals surface area contributed by atoms with Crippen molar-refractivity contribution in [1.29, 1.82) is 0 Å². The number of ether oxygens (including phenoxy) is 1. The first-order valence-electron chi connectivity index (χ1n) is 10.8. The first kappa shape index (κ1) is 20.3. The fourth-order valence-electron chi connectivity index (χ4n) is 5.07. The second kappa shape index (κ2) is 7.05. The number of rotatable bonds is 1. The molecule has 2 N–H and O–H groups in total. The normalized spacial score (nSPS) is 26.1. The maximum absolute atomic E-state index is 13.1. The molecule has 1 aliphatic carbocycles. The molecule has 0 radical (unpaired) electrons. The van der Waals surface area contributed by atoms with E-state index < -0.39 is 0 Å². The van der Waals surface area contributed by atoms with E-state index in [1.165, 1.54) is 0 Å². The molecule has 1 fully saturated rings. The molecule has 1 aromatic carbocycles. The van der Waals surface area contributed by atoms with Crippen molar-refractivity contribution in [1.82, 2.24) is 10.2 Å². The first-order valence-corrected chi connectivity index (χ1v) is 10.8. The van der Waals surface area contributed by atoms with Gasteiger partial charge >= 0.3 is 0 Å². The Labute approximate surface area is 174 Å². The van der Waals surface area contributed by atoms with Gasteiger partial charge in [0.15, 0.2) is 0 Å². The molecule has 4 rings (SSSR count). The van der Waals surface area contributed by atoms with Crippen LogP contribution in [0.5, 0.6) is 11.5 Å². The van der Waals surface area contributed by atoms with Crippen LogP contribution in [0.15, 0.2) is 23.8 Å².